The number of methoxy groups -OCH3 is 1. The molecule has 10 nitrogen and oxygen atoms in total. The lowest BCUT2D eigenvalue weighted by atomic mass is 9.76. The molecule has 2 amide bonds. The molecular formula is C30H33F3N4O6. The molecule has 1 N–H and O–H groups in total. The Morgan fingerprint density at radius 1 is 1.02 bits per heavy atom. The number of likely N-dealkylation sites (N-methyl/N-ethyl adjacent to an activating group) is 1. The summed E-state index contributed by atoms with van der Waals surface area (Å²) in [6.07, 6.45) is -4.00. The van der Waals surface area contributed by atoms with Crippen molar-refractivity contribution in [1.29, 1.82) is 0 Å². The number of rotatable bonds is 7. The number of esters is 1. The number of aliphatic imine (C=N–C) groups is 1. The second-order valence-corrected chi connectivity index (χ2v) is 10.6. The van der Waals surface area contributed by atoms with Crippen LogP contribution in [0.25, 0.3) is 0 Å². The molecule has 2 aromatic carbocycles. The third-order valence-electron chi connectivity index (χ3n) is 7.91. The number of ether oxygens (including phenoxy) is 1. The van der Waals surface area contributed by atoms with Gasteiger partial charge in [0.25, 0.3) is 0 Å². The van der Waals surface area contributed by atoms with Gasteiger partial charge < -0.3 is 19.6 Å². The number of carboxylic acids is 1. The Hall–Kier alpha value is -4.42. The second kappa shape index (κ2) is 12.4. The molecule has 3 aliphatic rings. The van der Waals surface area contributed by atoms with Gasteiger partial charge >= 0.3 is 18.1 Å². The van der Waals surface area contributed by atoms with Crippen LogP contribution in [0.4, 0.5) is 13.2 Å². The fourth-order valence-electron chi connectivity index (χ4n) is 6.22. The number of imide groups is 1. The Morgan fingerprint density at radius 3 is 2.09 bits per heavy atom. The number of amides is 2. The minimum absolute atomic E-state index is 0.188. The zero-order valence-electron chi connectivity index (χ0n) is 24.0. The van der Waals surface area contributed by atoms with Crippen molar-refractivity contribution in [2.24, 2.45) is 16.8 Å². The summed E-state index contributed by atoms with van der Waals surface area (Å²) in [5.41, 5.74) is 0.394. The molecule has 0 spiro atoms. The van der Waals surface area contributed by atoms with Crippen LogP contribution in [-0.2, 0) is 36.9 Å². The lowest BCUT2D eigenvalue weighted by Crippen LogP contribution is -2.61. The van der Waals surface area contributed by atoms with Gasteiger partial charge in [-0.3, -0.25) is 19.5 Å². The smallest absolute Gasteiger partial charge is 0.475 e. The van der Waals surface area contributed by atoms with Crippen molar-refractivity contribution in [3.8, 4) is 0 Å². The Kier molecular flexibility index (Phi) is 9.12. The molecule has 13 heteroatoms. The van der Waals surface area contributed by atoms with Crippen molar-refractivity contribution < 1.29 is 42.2 Å². The number of aliphatic carboxylic acids is 1. The van der Waals surface area contributed by atoms with Gasteiger partial charge in [-0.2, -0.15) is 13.2 Å². The second-order valence-electron chi connectivity index (χ2n) is 10.6. The fourth-order valence-corrected chi connectivity index (χ4v) is 6.22. The molecule has 3 heterocycles. The maximum atomic E-state index is 14.1. The first-order valence-corrected chi connectivity index (χ1v) is 13.7. The van der Waals surface area contributed by atoms with Crippen LogP contribution in [0.5, 0.6) is 0 Å². The molecule has 0 unspecified atom stereocenters. The number of alkyl halides is 3. The number of carbonyl (C=O) groups excluding carboxylic acids is 3. The Labute approximate surface area is 246 Å². The number of fused-ring (bicyclic) bond motifs is 3. The van der Waals surface area contributed by atoms with E-state index in [1.54, 1.807) is 0 Å². The number of guanidine groups is 1. The number of nitrogens with zero attached hydrogens (tertiary/aromatic N) is 4. The van der Waals surface area contributed by atoms with E-state index in [1.165, 1.54) is 12.0 Å². The van der Waals surface area contributed by atoms with Gasteiger partial charge in [-0.1, -0.05) is 67.6 Å². The third-order valence-corrected chi connectivity index (χ3v) is 7.91. The van der Waals surface area contributed by atoms with Gasteiger partial charge in [0.2, 0.25) is 11.8 Å². The van der Waals surface area contributed by atoms with E-state index in [9.17, 15) is 27.6 Å². The summed E-state index contributed by atoms with van der Waals surface area (Å²) in [7, 11) is 3.28. The largest absolute Gasteiger partial charge is 0.490 e. The Bertz CT molecular complexity index is 1390. The standard InChI is InChI=1S/C28H32N4O4.C2HF3O2/c1-4-15-29-27-30(2)18-21-22-23(25(34)31(24(22)33)17-20-13-9-6-10-14-20)28(32(21)27,26(35)36-3)16-19-11-7-5-8-12-19;3-2(4,5)1(6)7/h5-14,21-23H,4,15-18H2,1-3H3;(H,6,7)/t21-,22+,23-,28-;/m1./s1. The molecule has 0 aliphatic carbocycles. The molecule has 230 valence electrons. The molecule has 0 aromatic heterocycles. The van der Waals surface area contributed by atoms with Crippen molar-refractivity contribution in [2.45, 2.75) is 44.1 Å². The minimum atomic E-state index is -5.08. The van der Waals surface area contributed by atoms with Gasteiger partial charge in [0.15, 0.2) is 11.5 Å². The maximum Gasteiger partial charge on any atom is 0.490 e. The van der Waals surface area contributed by atoms with Gasteiger partial charge in [-0.05, 0) is 17.5 Å². The lowest BCUT2D eigenvalue weighted by Gasteiger charge is -2.40. The van der Waals surface area contributed by atoms with Crippen LogP contribution in [-0.4, -0.2) is 94.5 Å². The predicted octanol–water partition coefficient (Wildman–Crippen LogP) is 2.97. The molecule has 3 aliphatic heterocycles. The highest BCUT2D eigenvalue weighted by atomic mass is 19.4. The van der Waals surface area contributed by atoms with Gasteiger partial charge in [-0.25, -0.2) is 9.59 Å². The zero-order valence-corrected chi connectivity index (χ0v) is 24.0. The molecule has 3 saturated heterocycles. The van der Waals surface area contributed by atoms with Gasteiger partial charge in [0, 0.05) is 26.6 Å². The highest BCUT2D eigenvalue weighted by Gasteiger charge is 2.74. The number of likely N-dealkylation sites (tertiary alicyclic amines) is 1. The summed E-state index contributed by atoms with van der Waals surface area (Å²) in [4.78, 5) is 60.8. The van der Waals surface area contributed by atoms with Gasteiger partial charge in [-0.15, -0.1) is 0 Å². The van der Waals surface area contributed by atoms with E-state index >= 15 is 0 Å². The van der Waals surface area contributed by atoms with E-state index in [2.05, 4.69) is 0 Å². The lowest BCUT2D eigenvalue weighted by molar-refractivity contribution is -0.192. The number of carbonyl (C=O) groups is 4. The SMILES string of the molecule is CCCN=C1N(C)C[C@@H]2[C@@H]3C(=O)N(Cc4ccccc4)C(=O)[C@@H]3[C@](Cc3ccccc3)(C(=O)OC)N12.O=C(O)C(F)(F)F. The first-order chi connectivity index (χ1) is 20.4. The topological polar surface area (TPSA) is 120 Å². The average molecular weight is 603 g/mol. The number of carboxylic acid groups (broad SMARTS) is 1. The van der Waals surface area contributed by atoms with E-state index in [1.807, 2.05) is 84.4 Å². The quantitative estimate of drug-likeness (QED) is 0.380. The molecule has 4 atom stereocenters. The van der Waals surface area contributed by atoms with E-state index in [0.29, 0.717) is 19.0 Å². The van der Waals surface area contributed by atoms with Crippen LogP contribution in [0.3, 0.4) is 0 Å². The van der Waals surface area contributed by atoms with Crippen LogP contribution < -0.4 is 0 Å². The summed E-state index contributed by atoms with van der Waals surface area (Å²) in [5, 5.41) is 7.12. The van der Waals surface area contributed by atoms with E-state index in [4.69, 9.17) is 19.6 Å². The summed E-state index contributed by atoms with van der Waals surface area (Å²) in [6.45, 7) is 3.33. The highest BCUT2D eigenvalue weighted by molar-refractivity contribution is 6.11. The molecule has 0 radical (unpaired) electrons. The number of hydrogen-bond donors (Lipinski definition) is 1. The predicted molar refractivity (Wildman–Crippen MR) is 148 cm³/mol. The van der Waals surface area contributed by atoms with Crippen LogP contribution >= 0.6 is 0 Å². The molecule has 0 saturated carbocycles. The first-order valence-electron chi connectivity index (χ1n) is 13.7. The van der Waals surface area contributed by atoms with Gasteiger partial charge in [0.1, 0.15) is 0 Å². The molecule has 2 aromatic rings. The van der Waals surface area contributed by atoms with Crippen molar-refractivity contribution >= 4 is 29.7 Å². The van der Waals surface area contributed by atoms with Crippen molar-refractivity contribution in [3.05, 3.63) is 71.8 Å². The van der Waals surface area contributed by atoms with Crippen molar-refractivity contribution in [1.82, 2.24) is 14.7 Å². The summed E-state index contributed by atoms with van der Waals surface area (Å²) in [5.74, 6) is -4.67. The average Bonchev–Trinajstić information content (AvgIpc) is 3.54. The number of hydrogen-bond acceptors (Lipinski definition) is 6. The van der Waals surface area contributed by atoms with Crippen LogP contribution in [0.2, 0.25) is 0 Å². The Balaban J connectivity index is 0.000000541. The van der Waals surface area contributed by atoms with E-state index < -0.39 is 35.5 Å². The normalized spacial score (nSPS) is 25.4. The molecular weight excluding hydrogens is 569 g/mol. The Morgan fingerprint density at radius 2 is 1.58 bits per heavy atom. The maximum absolute atomic E-state index is 14.1. The van der Waals surface area contributed by atoms with Crippen LogP contribution in [0, 0.1) is 11.8 Å². The molecule has 5 rings (SSSR count). The summed E-state index contributed by atoms with van der Waals surface area (Å²) in [6, 6.07) is 18.8. The number of halogens is 3. The summed E-state index contributed by atoms with van der Waals surface area (Å²) < 4.78 is 37.2. The molecule has 43 heavy (non-hydrogen) atoms. The van der Waals surface area contributed by atoms with Crippen molar-refractivity contribution in [3.63, 3.8) is 0 Å². The van der Waals surface area contributed by atoms with Crippen molar-refractivity contribution in [2.75, 3.05) is 27.2 Å². The van der Waals surface area contributed by atoms with Gasteiger partial charge in [0.05, 0.1) is 31.5 Å². The molecule has 0 bridgehead atoms. The minimum Gasteiger partial charge on any atom is -0.475 e. The van der Waals surface area contributed by atoms with Crippen LogP contribution in [0.15, 0.2) is 65.7 Å². The monoisotopic (exact) mass is 602 g/mol. The highest BCUT2D eigenvalue weighted by Crippen LogP contribution is 2.53. The first kappa shape index (κ1) is 31.5. The summed E-state index contributed by atoms with van der Waals surface area (Å²) >= 11 is 0. The zero-order chi connectivity index (χ0) is 31.5. The van der Waals surface area contributed by atoms with E-state index in [0.717, 1.165) is 17.5 Å². The van der Waals surface area contributed by atoms with Crippen LogP contribution in [0.1, 0.15) is 24.5 Å². The third kappa shape index (κ3) is 5.80. The fraction of sp³-hybridized carbons (Fsp3) is 0.433. The molecule has 3 fully saturated rings. The number of benzene rings is 2. The van der Waals surface area contributed by atoms with E-state index in [-0.39, 0.29) is 30.8 Å².